The molecule has 1 aliphatic heterocycles. The van der Waals surface area contributed by atoms with E-state index in [1.807, 2.05) is 7.05 Å². The Morgan fingerprint density at radius 2 is 2.06 bits per heavy atom. The lowest BCUT2D eigenvalue weighted by Crippen LogP contribution is -2.41. The molecule has 3 rings (SSSR count). The van der Waals surface area contributed by atoms with Crippen LogP contribution in [0.5, 0.6) is 0 Å². The molecule has 0 unspecified atom stereocenters. The molecule has 3 aliphatic rings. The van der Waals surface area contributed by atoms with E-state index in [9.17, 15) is 0 Å². The highest BCUT2D eigenvalue weighted by Crippen LogP contribution is 2.45. The molecule has 96 valence electrons. The minimum atomic E-state index is 0.650. The summed E-state index contributed by atoms with van der Waals surface area (Å²) in [5.41, 5.74) is 0.650. The van der Waals surface area contributed by atoms with Gasteiger partial charge in [-0.3, -0.25) is 4.99 Å². The Bertz CT molecular complexity index is 301. The fraction of sp³-hybridized carbons (Fsp3) is 0.929. The molecule has 3 nitrogen and oxygen atoms in total. The van der Waals surface area contributed by atoms with E-state index in [0.29, 0.717) is 5.41 Å². The zero-order valence-electron chi connectivity index (χ0n) is 11.0. The van der Waals surface area contributed by atoms with Crippen LogP contribution in [0.4, 0.5) is 0 Å². The number of likely N-dealkylation sites (tertiary alicyclic amines) is 1. The Morgan fingerprint density at radius 1 is 1.29 bits per heavy atom. The highest BCUT2D eigenvalue weighted by molar-refractivity contribution is 5.80. The van der Waals surface area contributed by atoms with Crippen molar-refractivity contribution in [2.75, 3.05) is 26.7 Å². The summed E-state index contributed by atoms with van der Waals surface area (Å²) < 4.78 is 0. The molecule has 0 atom stereocenters. The Kier molecular flexibility index (Phi) is 3.01. The molecule has 3 fully saturated rings. The summed E-state index contributed by atoms with van der Waals surface area (Å²) in [4.78, 5) is 6.95. The van der Waals surface area contributed by atoms with Crippen LogP contribution in [0.25, 0.3) is 0 Å². The summed E-state index contributed by atoms with van der Waals surface area (Å²) in [6, 6.07) is 0. The minimum Gasteiger partial charge on any atom is -0.356 e. The average molecular weight is 235 g/mol. The first-order valence-corrected chi connectivity index (χ1v) is 7.27. The van der Waals surface area contributed by atoms with Gasteiger partial charge in [-0.25, -0.2) is 0 Å². The van der Waals surface area contributed by atoms with Gasteiger partial charge in [-0.1, -0.05) is 12.8 Å². The summed E-state index contributed by atoms with van der Waals surface area (Å²) in [5.74, 6) is 2.08. The van der Waals surface area contributed by atoms with Crippen LogP contribution in [-0.2, 0) is 0 Å². The van der Waals surface area contributed by atoms with Gasteiger partial charge in [-0.05, 0) is 43.4 Å². The molecule has 0 aromatic rings. The SMILES string of the molecule is CN=C(NCC1CC1)N1CCC2(CCCC2)C1. The highest BCUT2D eigenvalue weighted by Gasteiger charge is 2.41. The van der Waals surface area contributed by atoms with Crippen molar-refractivity contribution in [1.82, 2.24) is 10.2 Å². The van der Waals surface area contributed by atoms with Crippen molar-refractivity contribution in [3.05, 3.63) is 0 Å². The molecular weight excluding hydrogens is 210 g/mol. The first kappa shape index (κ1) is 11.4. The van der Waals surface area contributed by atoms with Crippen LogP contribution in [0.1, 0.15) is 44.9 Å². The number of nitrogens with one attached hydrogen (secondary N) is 1. The maximum atomic E-state index is 4.46. The fourth-order valence-electron chi connectivity index (χ4n) is 3.54. The standard InChI is InChI=1S/C14H25N3/c1-15-13(16-10-12-4-5-12)17-9-8-14(11-17)6-2-3-7-14/h12H,2-11H2,1H3,(H,15,16). The summed E-state index contributed by atoms with van der Waals surface area (Å²) in [7, 11) is 1.93. The second-order valence-corrected chi connectivity index (χ2v) is 6.25. The Morgan fingerprint density at radius 3 is 2.71 bits per heavy atom. The summed E-state index contributed by atoms with van der Waals surface area (Å²) in [6.07, 6.45) is 10.00. The molecule has 0 aromatic heterocycles. The number of nitrogens with zero attached hydrogens (tertiary/aromatic N) is 2. The second-order valence-electron chi connectivity index (χ2n) is 6.25. The quantitative estimate of drug-likeness (QED) is 0.587. The molecule has 17 heavy (non-hydrogen) atoms. The Balaban J connectivity index is 1.55. The van der Waals surface area contributed by atoms with Gasteiger partial charge in [0.15, 0.2) is 5.96 Å². The van der Waals surface area contributed by atoms with Crippen molar-refractivity contribution in [2.24, 2.45) is 16.3 Å². The first-order chi connectivity index (χ1) is 8.31. The van der Waals surface area contributed by atoms with Crippen LogP contribution >= 0.6 is 0 Å². The van der Waals surface area contributed by atoms with Crippen molar-refractivity contribution in [2.45, 2.75) is 44.9 Å². The monoisotopic (exact) mass is 235 g/mol. The van der Waals surface area contributed by atoms with E-state index < -0.39 is 0 Å². The summed E-state index contributed by atoms with van der Waals surface area (Å²) in [6.45, 7) is 3.60. The highest BCUT2D eigenvalue weighted by atomic mass is 15.3. The first-order valence-electron chi connectivity index (χ1n) is 7.27. The maximum absolute atomic E-state index is 4.46. The zero-order chi connectivity index (χ0) is 11.7. The third-order valence-electron chi connectivity index (χ3n) is 4.86. The van der Waals surface area contributed by atoms with Crippen LogP contribution in [0.2, 0.25) is 0 Å². The van der Waals surface area contributed by atoms with E-state index in [0.717, 1.165) is 18.4 Å². The van der Waals surface area contributed by atoms with Gasteiger partial charge in [-0.15, -0.1) is 0 Å². The molecule has 1 spiro atoms. The predicted molar refractivity (Wildman–Crippen MR) is 71.2 cm³/mol. The third-order valence-corrected chi connectivity index (χ3v) is 4.86. The van der Waals surface area contributed by atoms with E-state index in [1.165, 1.54) is 58.0 Å². The van der Waals surface area contributed by atoms with Gasteiger partial charge in [0.25, 0.3) is 0 Å². The molecule has 1 heterocycles. The van der Waals surface area contributed by atoms with E-state index in [1.54, 1.807) is 0 Å². The van der Waals surface area contributed by atoms with E-state index in [4.69, 9.17) is 0 Å². The van der Waals surface area contributed by atoms with Gasteiger partial charge in [0.2, 0.25) is 0 Å². The molecule has 0 radical (unpaired) electrons. The van der Waals surface area contributed by atoms with Crippen molar-refractivity contribution < 1.29 is 0 Å². The zero-order valence-corrected chi connectivity index (χ0v) is 11.0. The lowest BCUT2D eigenvalue weighted by Gasteiger charge is -2.25. The molecule has 3 heteroatoms. The molecule has 0 amide bonds. The second kappa shape index (κ2) is 4.51. The molecule has 0 bridgehead atoms. The van der Waals surface area contributed by atoms with E-state index in [-0.39, 0.29) is 0 Å². The number of hydrogen-bond donors (Lipinski definition) is 1. The number of aliphatic imine (C=N–C) groups is 1. The molecule has 2 saturated carbocycles. The lowest BCUT2D eigenvalue weighted by atomic mass is 9.86. The number of hydrogen-bond acceptors (Lipinski definition) is 1. The normalized spacial score (nSPS) is 28.1. The molecular formula is C14H25N3. The topological polar surface area (TPSA) is 27.6 Å². The summed E-state index contributed by atoms with van der Waals surface area (Å²) in [5, 5.41) is 3.56. The van der Waals surface area contributed by atoms with Crippen LogP contribution in [0.15, 0.2) is 4.99 Å². The molecule has 1 saturated heterocycles. The van der Waals surface area contributed by atoms with Crippen LogP contribution < -0.4 is 5.32 Å². The predicted octanol–water partition coefficient (Wildman–Crippen LogP) is 2.24. The van der Waals surface area contributed by atoms with Crippen LogP contribution in [0.3, 0.4) is 0 Å². The lowest BCUT2D eigenvalue weighted by molar-refractivity contribution is 0.309. The Hall–Kier alpha value is -0.730. The summed E-state index contributed by atoms with van der Waals surface area (Å²) >= 11 is 0. The van der Waals surface area contributed by atoms with Crippen molar-refractivity contribution in [3.63, 3.8) is 0 Å². The van der Waals surface area contributed by atoms with Gasteiger partial charge >= 0.3 is 0 Å². The van der Waals surface area contributed by atoms with Gasteiger partial charge in [0.05, 0.1) is 0 Å². The van der Waals surface area contributed by atoms with Crippen LogP contribution in [-0.4, -0.2) is 37.5 Å². The molecule has 2 aliphatic carbocycles. The van der Waals surface area contributed by atoms with Crippen molar-refractivity contribution in [3.8, 4) is 0 Å². The van der Waals surface area contributed by atoms with E-state index >= 15 is 0 Å². The largest absolute Gasteiger partial charge is 0.356 e. The average Bonchev–Trinajstić information content (AvgIpc) is 2.92. The fourth-order valence-corrected chi connectivity index (χ4v) is 3.54. The Labute approximate surface area is 105 Å². The minimum absolute atomic E-state index is 0.650. The number of guanidine groups is 1. The van der Waals surface area contributed by atoms with Gasteiger partial charge in [-0.2, -0.15) is 0 Å². The van der Waals surface area contributed by atoms with Crippen molar-refractivity contribution >= 4 is 5.96 Å². The smallest absolute Gasteiger partial charge is 0.193 e. The number of rotatable bonds is 2. The van der Waals surface area contributed by atoms with Gasteiger partial charge in [0, 0.05) is 26.7 Å². The van der Waals surface area contributed by atoms with Crippen molar-refractivity contribution in [1.29, 1.82) is 0 Å². The third kappa shape index (κ3) is 2.43. The maximum Gasteiger partial charge on any atom is 0.193 e. The molecule has 0 aromatic carbocycles. The molecule has 1 N–H and O–H groups in total. The van der Waals surface area contributed by atoms with Gasteiger partial charge in [0.1, 0.15) is 0 Å². The van der Waals surface area contributed by atoms with E-state index in [2.05, 4.69) is 15.2 Å². The van der Waals surface area contributed by atoms with Crippen LogP contribution in [0, 0.1) is 11.3 Å². The van der Waals surface area contributed by atoms with Gasteiger partial charge < -0.3 is 10.2 Å².